The molecule has 1 aliphatic heterocycles. The van der Waals surface area contributed by atoms with Crippen molar-refractivity contribution in [1.29, 1.82) is 0 Å². The van der Waals surface area contributed by atoms with E-state index < -0.39 is 0 Å². The van der Waals surface area contributed by atoms with E-state index in [0.717, 1.165) is 30.8 Å². The van der Waals surface area contributed by atoms with Gasteiger partial charge >= 0.3 is 0 Å². The van der Waals surface area contributed by atoms with Gasteiger partial charge in [0.2, 0.25) is 0 Å². The van der Waals surface area contributed by atoms with E-state index in [0.29, 0.717) is 6.54 Å². The first-order valence-corrected chi connectivity index (χ1v) is 7.02. The Balaban J connectivity index is 0.00000176. The second-order valence-electron chi connectivity index (χ2n) is 5.26. The van der Waals surface area contributed by atoms with Gasteiger partial charge in [0.1, 0.15) is 11.6 Å². The highest BCUT2D eigenvalue weighted by Gasteiger charge is 2.24. The molecule has 0 saturated carbocycles. The van der Waals surface area contributed by atoms with Gasteiger partial charge in [0, 0.05) is 38.4 Å². The van der Waals surface area contributed by atoms with Crippen molar-refractivity contribution in [2.45, 2.75) is 12.6 Å². The van der Waals surface area contributed by atoms with E-state index in [4.69, 9.17) is 0 Å². The Hall–Kier alpha value is -1.56. The monoisotopic (exact) mass is 325 g/mol. The van der Waals surface area contributed by atoms with Crippen LogP contribution < -0.4 is 5.32 Å². The van der Waals surface area contributed by atoms with Gasteiger partial charge in [0.15, 0.2) is 0 Å². The summed E-state index contributed by atoms with van der Waals surface area (Å²) in [5.74, 6) is -0.560. The maximum Gasteiger partial charge on any atom is 0.141 e. The lowest BCUT2D eigenvalue weighted by atomic mass is 10.0. The number of pyridine rings is 1. The fourth-order valence-corrected chi connectivity index (χ4v) is 2.75. The van der Waals surface area contributed by atoms with Crippen LogP contribution in [0.5, 0.6) is 0 Å². The zero-order valence-electron chi connectivity index (χ0n) is 12.0. The molecule has 0 radical (unpaired) electrons. The molecule has 118 valence electrons. The molecule has 1 aliphatic rings. The van der Waals surface area contributed by atoms with E-state index in [1.165, 1.54) is 18.3 Å². The molecular formula is C16H18ClF2N3. The van der Waals surface area contributed by atoms with Gasteiger partial charge in [-0.05, 0) is 29.3 Å². The molecule has 22 heavy (non-hydrogen) atoms. The second kappa shape index (κ2) is 7.63. The molecule has 0 aliphatic carbocycles. The number of nitrogens with zero attached hydrogens (tertiary/aromatic N) is 2. The molecule has 2 heterocycles. The molecule has 1 unspecified atom stereocenters. The Morgan fingerprint density at radius 3 is 2.82 bits per heavy atom. The summed E-state index contributed by atoms with van der Waals surface area (Å²) in [5, 5.41) is 3.33. The summed E-state index contributed by atoms with van der Waals surface area (Å²) in [5.41, 5.74) is 1.77. The van der Waals surface area contributed by atoms with Crippen molar-refractivity contribution < 1.29 is 8.78 Å². The molecule has 1 saturated heterocycles. The highest BCUT2D eigenvalue weighted by Crippen LogP contribution is 2.24. The molecule has 1 N–H and O–H groups in total. The number of aromatic nitrogens is 1. The highest BCUT2D eigenvalue weighted by atomic mass is 35.5. The Labute approximate surface area is 134 Å². The molecule has 1 aromatic heterocycles. The smallest absolute Gasteiger partial charge is 0.141 e. The van der Waals surface area contributed by atoms with Gasteiger partial charge in [0.25, 0.3) is 0 Å². The van der Waals surface area contributed by atoms with Crippen LogP contribution in [0.25, 0.3) is 0 Å². The van der Waals surface area contributed by atoms with Crippen molar-refractivity contribution in [3.05, 3.63) is 65.5 Å². The topological polar surface area (TPSA) is 28.2 Å². The van der Waals surface area contributed by atoms with Crippen molar-refractivity contribution in [1.82, 2.24) is 15.2 Å². The summed E-state index contributed by atoms with van der Waals surface area (Å²) in [6, 6.07) is 8.24. The molecular weight excluding hydrogens is 308 g/mol. The van der Waals surface area contributed by atoms with Gasteiger partial charge < -0.3 is 5.32 Å². The minimum absolute atomic E-state index is 0. The summed E-state index contributed by atoms with van der Waals surface area (Å²) in [6.45, 7) is 3.06. The lowest BCUT2D eigenvalue weighted by Gasteiger charge is -2.36. The zero-order valence-corrected chi connectivity index (χ0v) is 12.8. The molecule has 3 rings (SSSR count). The van der Waals surface area contributed by atoms with Crippen molar-refractivity contribution in [3.8, 4) is 0 Å². The van der Waals surface area contributed by atoms with Gasteiger partial charge in [0.05, 0.1) is 6.20 Å². The average Bonchev–Trinajstić information content (AvgIpc) is 2.48. The SMILES string of the molecule is Cl.Fc1cncc(CN2CCNCC2c2cccc(F)c2)c1. The minimum Gasteiger partial charge on any atom is -0.314 e. The Morgan fingerprint density at radius 2 is 2.05 bits per heavy atom. The van der Waals surface area contributed by atoms with E-state index in [-0.39, 0.29) is 30.1 Å². The summed E-state index contributed by atoms with van der Waals surface area (Å²) in [4.78, 5) is 6.11. The van der Waals surface area contributed by atoms with E-state index in [1.807, 2.05) is 6.07 Å². The number of halogens is 3. The quantitative estimate of drug-likeness (QED) is 0.940. The first kappa shape index (κ1) is 16.8. The van der Waals surface area contributed by atoms with E-state index in [1.54, 1.807) is 18.3 Å². The Morgan fingerprint density at radius 1 is 1.18 bits per heavy atom. The van der Waals surface area contributed by atoms with Crippen molar-refractivity contribution in [3.63, 3.8) is 0 Å². The number of hydrogen-bond acceptors (Lipinski definition) is 3. The lowest BCUT2D eigenvalue weighted by molar-refractivity contribution is 0.153. The van der Waals surface area contributed by atoms with Crippen molar-refractivity contribution in [2.75, 3.05) is 19.6 Å². The third-order valence-electron chi connectivity index (χ3n) is 3.73. The third kappa shape index (κ3) is 4.00. The van der Waals surface area contributed by atoms with Crippen LogP contribution >= 0.6 is 12.4 Å². The number of rotatable bonds is 3. The number of benzene rings is 1. The van der Waals surface area contributed by atoms with Crippen LogP contribution in [0.2, 0.25) is 0 Å². The standard InChI is InChI=1S/C16H17F2N3.ClH/c17-14-3-1-2-13(7-14)16-10-19-4-5-21(16)11-12-6-15(18)9-20-8-12;/h1-3,6-9,16,19H,4-5,10-11H2;1H. The number of nitrogens with one attached hydrogen (secondary N) is 1. The van der Waals surface area contributed by atoms with E-state index in [2.05, 4.69) is 15.2 Å². The third-order valence-corrected chi connectivity index (χ3v) is 3.73. The van der Waals surface area contributed by atoms with Crippen LogP contribution in [-0.2, 0) is 6.54 Å². The fourth-order valence-electron chi connectivity index (χ4n) is 2.75. The van der Waals surface area contributed by atoms with Crippen LogP contribution in [0.1, 0.15) is 17.2 Å². The Bertz CT molecular complexity index is 624. The second-order valence-corrected chi connectivity index (χ2v) is 5.26. The predicted octanol–water partition coefficient (Wildman–Crippen LogP) is 2.93. The summed E-state index contributed by atoms with van der Waals surface area (Å²) in [7, 11) is 0. The Kier molecular flexibility index (Phi) is 5.83. The van der Waals surface area contributed by atoms with Crippen molar-refractivity contribution >= 4 is 12.4 Å². The average molecular weight is 326 g/mol. The van der Waals surface area contributed by atoms with Crippen LogP contribution in [0.15, 0.2) is 42.7 Å². The molecule has 2 aromatic rings. The fraction of sp³-hybridized carbons (Fsp3) is 0.312. The van der Waals surface area contributed by atoms with Crippen LogP contribution in [0.4, 0.5) is 8.78 Å². The molecule has 1 aromatic carbocycles. The zero-order chi connectivity index (χ0) is 14.7. The van der Waals surface area contributed by atoms with Gasteiger partial charge in [-0.2, -0.15) is 0 Å². The molecule has 0 bridgehead atoms. The highest BCUT2D eigenvalue weighted by molar-refractivity contribution is 5.85. The molecule has 0 amide bonds. The largest absolute Gasteiger partial charge is 0.314 e. The first-order chi connectivity index (χ1) is 10.2. The normalized spacial score (nSPS) is 18.7. The van der Waals surface area contributed by atoms with Crippen LogP contribution in [-0.4, -0.2) is 29.5 Å². The maximum absolute atomic E-state index is 13.4. The van der Waals surface area contributed by atoms with E-state index >= 15 is 0 Å². The summed E-state index contributed by atoms with van der Waals surface area (Å²) >= 11 is 0. The number of piperazine rings is 1. The van der Waals surface area contributed by atoms with Gasteiger partial charge in [-0.1, -0.05) is 12.1 Å². The molecule has 3 nitrogen and oxygen atoms in total. The van der Waals surface area contributed by atoms with Crippen LogP contribution in [0, 0.1) is 11.6 Å². The van der Waals surface area contributed by atoms with Crippen molar-refractivity contribution in [2.24, 2.45) is 0 Å². The maximum atomic E-state index is 13.4. The number of hydrogen-bond donors (Lipinski definition) is 1. The minimum atomic E-state index is -0.329. The van der Waals surface area contributed by atoms with Gasteiger partial charge in [-0.15, -0.1) is 12.4 Å². The van der Waals surface area contributed by atoms with Crippen LogP contribution in [0.3, 0.4) is 0 Å². The molecule has 1 fully saturated rings. The summed E-state index contributed by atoms with van der Waals surface area (Å²) in [6.07, 6.45) is 2.87. The van der Waals surface area contributed by atoms with Gasteiger partial charge in [-0.3, -0.25) is 9.88 Å². The molecule has 1 atom stereocenters. The van der Waals surface area contributed by atoms with E-state index in [9.17, 15) is 8.78 Å². The van der Waals surface area contributed by atoms with Gasteiger partial charge in [-0.25, -0.2) is 8.78 Å². The summed E-state index contributed by atoms with van der Waals surface area (Å²) < 4.78 is 26.7. The predicted molar refractivity (Wildman–Crippen MR) is 83.9 cm³/mol. The lowest BCUT2D eigenvalue weighted by Crippen LogP contribution is -2.45. The first-order valence-electron chi connectivity index (χ1n) is 7.02. The molecule has 0 spiro atoms. The molecule has 6 heteroatoms.